The topological polar surface area (TPSA) is 25.2 Å². The number of rotatable bonds is 3. The molecule has 0 bridgehead atoms. The minimum Gasteiger partial charge on any atom is -0.456 e. The van der Waals surface area contributed by atoms with E-state index >= 15 is 0 Å². The Bertz CT molecular complexity index is 802. The van der Waals surface area contributed by atoms with E-state index in [1.54, 1.807) is 6.07 Å². The molecular formula is C16H12BrClFNO. The van der Waals surface area contributed by atoms with Crippen LogP contribution in [0.5, 0.6) is 0 Å². The highest BCUT2D eigenvalue weighted by atomic mass is 79.9. The molecule has 0 aliphatic carbocycles. The highest BCUT2D eigenvalue weighted by molar-refractivity contribution is 9.10. The summed E-state index contributed by atoms with van der Waals surface area (Å²) in [5.74, 6) is 0.290. The second-order valence-electron chi connectivity index (χ2n) is 4.70. The minimum atomic E-state index is -0.359. The van der Waals surface area contributed by atoms with Crippen LogP contribution in [0.3, 0.4) is 0 Å². The predicted octanol–water partition coefficient (Wildman–Crippen LogP) is 5.30. The van der Waals surface area contributed by atoms with E-state index < -0.39 is 0 Å². The Balaban J connectivity index is 2.09. The van der Waals surface area contributed by atoms with Crippen molar-refractivity contribution < 1.29 is 8.81 Å². The second kappa shape index (κ2) is 5.79. The highest BCUT2D eigenvalue weighted by Gasteiger charge is 2.18. The van der Waals surface area contributed by atoms with Gasteiger partial charge >= 0.3 is 0 Å². The lowest BCUT2D eigenvalue weighted by Crippen LogP contribution is -2.16. The third kappa shape index (κ3) is 2.71. The lowest BCUT2D eigenvalue weighted by molar-refractivity contribution is 0.476. The number of nitrogens with one attached hydrogen (secondary N) is 1. The van der Waals surface area contributed by atoms with E-state index in [1.807, 2.05) is 37.4 Å². The van der Waals surface area contributed by atoms with Crippen LogP contribution in [0.25, 0.3) is 11.0 Å². The first-order chi connectivity index (χ1) is 10.1. The number of benzene rings is 2. The van der Waals surface area contributed by atoms with Gasteiger partial charge in [0.2, 0.25) is 0 Å². The van der Waals surface area contributed by atoms with Crippen LogP contribution in [-0.2, 0) is 0 Å². The van der Waals surface area contributed by atoms with Gasteiger partial charge in [0.15, 0.2) is 11.4 Å². The van der Waals surface area contributed by atoms with E-state index in [0.29, 0.717) is 10.8 Å². The van der Waals surface area contributed by atoms with Gasteiger partial charge in [0.05, 0.1) is 11.1 Å². The molecule has 0 amide bonds. The van der Waals surface area contributed by atoms with Gasteiger partial charge in [-0.2, -0.15) is 0 Å². The molecule has 21 heavy (non-hydrogen) atoms. The molecule has 108 valence electrons. The van der Waals surface area contributed by atoms with Gasteiger partial charge in [-0.3, -0.25) is 0 Å². The fourth-order valence-corrected chi connectivity index (χ4v) is 2.79. The van der Waals surface area contributed by atoms with Gasteiger partial charge in [-0.05, 0) is 52.8 Å². The molecule has 1 heterocycles. The van der Waals surface area contributed by atoms with Crippen LogP contribution in [0.2, 0.25) is 5.02 Å². The van der Waals surface area contributed by atoms with E-state index in [-0.39, 0.29) is 17.4 Å². The molecule has 0 saturated heterocycles. The quantitative estimate of drug-likeness (QED) is 0.679. The molecular weight excluding hydrogens is 357 g/mol. The van der Waals surface area contributed by atoms with Crippen LogP contribution >= 0.6 is 27.5 Å². The van der Waals surface area contributed by atoms with E-state index in [9.17, 15) is 4.39 Å². The molecule has 0 saturated carbocycles. The summed E-state index contributed by atoms with van der Waals surface area (Å²) in [4.78, 5) is 0. The lowest BCUT2D eigenvalue weighted by Gasteiger charge is -2.14. The Labute approximate surface area is 135 Å². The van der Waals surface area contributed by atoms with Gasteiger partial charge in [0.25, 0.3) is 0 Å². The van der Waals surface area contributed by atoms with Gasteiger partial charge in [0, 0.05) is 9.86 Å². The van der Waals surface area contributed by atoms with Crippen molar-refractivity contribution in [2.45, 2.75) is 6.04 Å². The summed E-state index contributed by atoms with van der Waals surface area (Å²) in [7, 11) is 1.82. The monoisotopic (exact) mass is 367 g/mol. The molecule has 0 aliphatic heterocycles. The van der Waals surface area contributed by atoms with Crippen molar-refractivity contribution in [2.75, 3.05) is 7.05 Å². The molecule has 1 aromatic heterocycles. The largest absolute Gasteiger partial charge is 0.456 e. The van der Waals surface area contributed by atoms with E-state index in [2.05, 4.69) is 21.2 Å². The van der Waals surface area contributed by atoms with Crippen LogP contribution in [0, 0.1) is 5.82 Å². The summed E-state index contributed by atoms with van der Waals surface area (Å²) >= 11 is 9.51. The smallest absolute Gasteiger partial charge is 0.169 e. The Hall–Kier alpha value is -1.36. The first-order valence-corrected chi connectivity index (χ1v) is 7.57. The van der Waals surface area contributed by atoms with Gasteiger partial charge in [0.1, 0.15) is 5.76 Å². The Kier molecular flexibility index (Phi) is 4.02. The predicted molar refractivity (Wildman–Crippen MR) is 86.2 cm³/mol. The van der Waals surface area contributed by atoms with Gasteiger partial charge in [-0.15, -0.1) is 0 Å². The zero-order chi connectivity index (χ0) is 15.0. The van der Waals surface area contributed by atoms with Crippen LogP contribution in [-0.4, -0.2) is 7.05 Å². The summed E-state index contributed by atoms with van der Waals surface area (Å²) in [5.41, 5.74) is 1.22. The van der Waals surface area contributed by atoms with E-state index in [0.717, 1.165) is 15.4 Å². The first-order valence-electron chi connectivity index (χ1n) is 6.40. The zero-order valence-electron chi connectivity index (χ0n) is 11.2. The Morgan fingerprint density at radius 1 is 1.24 bits per heavy atom. The van der Waals surface area contributed by atoms with Crippen molar-refractivity contribution in [1.29, 1.82) is 0 Å². The lowest BCUT2D eigenvalue weighted by atomic mass is 10.0. The molecule has 1 N–H and O–H groups in total. The van der Waals surface area contributed by atoms with Crippen molar-refractivity contribution in [1.82, 2.24) is 5.32 Å². The molecule has 3 aromatic rings. The highest BCUT2D eigenvalue weighted by Crippen LogP contribution is 2.32. The molecule has 2 aromatic carbocycles. The maximum Gasteiger partial charge on any atom is 0.169 e. The fourth-order valence-electron chi connectivity index (χ4n) is 2.35. The first kappa shape index (κ1) is 14.6. The number of halogens is 3. The van der Waals surface area contributed by atoms with Gasteiger partial charge in [-0.1, -0.05) is 29.8 Å². The molecule has 5 heteroatoms. The normalized spacial score (nSPS) is 12.8. The molecule has 0 spiro atoms. The third-order valence-electron chi connectivity index (χ3n) is 3.37. The summed E-state index contributed by atoms with van der Waals surface area (Å²) in [6.07, 6.45) is 0. The molecule has 3 rings (SSSR count). The van der Waals surface area contributed by atoms with Gasteiger partial charge < -0.3 is 9.73 Å². The Morgan fingerprint density at radius 3 is 2.71 bits per heavy atom. The van der Waals surface area contributed by atoms with Crippen molar-refractivity contribution in [3.05, 3.63) is 69.1 Å². The molecule has 0 aliphatic rings. The van der Waals surface area contributed by atoms with Crippen molar-refractivity contribution in [3.63, 3.8) is 0 Å². The summed E-state index contributed by atoms with van der Waals surface area (Å²) in [6, 6.07) is 12.2. The number of fused-ring (bicyclic) bond motifs is 1. The second-order valence-corrected chi connectivity index (χ2v) is 5.96. The summed E-state index contributed by atoms with van der Waals surface area (Å²) < 4.78 is 20.3. The van der Waals surface area contributed by atoms with Crippen LogP contribution in [0.4, 0.5) is 4.39 Å². The van der Waals surface area contributed by atoms with Crippen molar-refractivity contribution in [3.8, 4) is 0 Å². The van der Waals surface area contributed by atoms with Crippen LogP contribution < -0.4 is 5.32 Å². The number of furan rings is 1. The number of hydrogen-bond acceptors (Lipinski definition) is 2. The minimum absolute atomic E-state index is 0.192. The molecule has 0 fully saturated rings. The zero-order valence-corrected chi connectivity index (χ0v) is 13.5. The maximum atomic E-state index is 13.7. The molecule has 1 atom stereocenters. The summed E-state index contributed by atoms with van der Waals surface area (Å²) in [5, 5.41) is 4.54. The average molecular weight is 369 g/mol. The number of para-hydroxylation sites is 1. The van der Waals surface area contributed by atoms with Crippen molar-refractivity contribution >= 4 is 38.5 Å². The Morgan fingerprint density at radius 2 is 2.05 bits per heavy atom. The molecule has 0 radical (unpaired) electrons. The van der Waals surface area contributed by atoms with Crippen LogP contribution in [0.15, 0.2) is 51.4 Å². The van der Waals surface area contributed by atoms with E-state index in [1.165, 1.54) is 6.07 Å². The van der Waals surface area contributed by atoms with Gasteiger partial charge in [-0.25, -0.2) is 4.39 Å². The number of hydrogen-bond donors (Lipinski definition) is 1. The summed E-state index contributed by atoms with van der Waals surface area (Å²) in [6.45, 7) is 0. The van der Waals surface area contributed by atoms with Crippen LogP contribution in [0.1, 0.15) is 17.4 Å². The fraction of sp³-hybridized carbons (Fsp3) is 0.125. The standard InChI is InChI=1S/C16H12BrClFNO/c1-20-15(9-5-6-11(17)12(18)7-9)14-8-10-3-2-4-13(19)16(10)21-14/h2-8,15,20H,1H3. The van der Waals surface area contributed by atoms with E-state index in [4.69, 9.17) is 16.0 Å². The average Bonchev–Trinajstić information content (AvgIpc) is 2.89. The third-order valence-corrected chi connectivity index (χ3v) is 4.60. The molecule has 2 nitrogen and oxygen atoms in total. The maximum absolute atomic E-state index is 13.7. The molecule has 1 unspecified atom stereocenters. The van der Waals surface area contributed by atoms with Crippen molar-refractivity contribution in [2.24, 2.45) is 0 Å². The SMILES string of the molecule is CNC(c1ccc(Br)c(Cl)c1)c1cc2cccc(F)c2o1.